The predicted octanol–water partition coefficient (Wildman–Crippen LogP) is 2.71. The number of aromatic nitrogens is 2. The molecule has 0 saturated carbocycles. The predicted molar refractivity (Wildman–Crippen MR) is 99.2 cm³/mol. The van der Waals surface area contributed by atoms with Crippen LogP contribution < -0.4 is 16.2 Å². The van der Waals surface area contributed by atoms with E-state index in [-0.39, 0.29) is 0 Å². The van der Waals surface area contributed by atoms with E-state index in [0.29, 0.717) is 24.3 Å². The van der Waals surface area contributed by atoms with Crippen molar-refractivity contribution in [1.82, 2.24) is 9.97 Å². The van der Waals surface area contributed by atoms with Crippen LogP contribution >= 0.6 is 0 Å². The molecule has 2 aromatic heterocycles. The van der Waals surface area contributed by atoms with E-state index in [1.807, 2.05) is 54.6 Å². The summed E-state index contributed by atoms with van der Waals surface area (Å²) in [5.74, 6) is 0.712. The van der Waals surface area contributed by atoms with Gasteiger partial charge >= 0.3 is 0 Å². The van der Waals surface area contributed by atoms with Crippen molar-refractivity contribution in [3.63, 3.8) is 0 Å². The van der Waals surface area contributed by atoms with Crippen LogP contribution in [0.1, 0.15) is 17.0 Å². The Morgan fingerprint density at radius 1 is 0.920 bits per heavy atom. The lowest BCUT2D eigenvalue weighted by molar-refractivity contribution is 0.369. The van der Waals surface area contributed by atoms with Crippen LogP contribution in [0.2, 0.25) is 0 Å². The van der Waals surface area contributed by atoms with Gasteiger partial charge in [-0.15, -0.1) is 0 Å². The highest BCUT2D eigenvalue weighted by atomic mass is 16.5. The molecule has 5 nitrogen and oxygen atoms in total. The van der Waals surface area contributed by atoms with E-state index in [4.69, 9.17) is 16.2 Å². The molecule has 0 unspecified atom stereocenters. The van der Waals surface area contributed by atoms with Crippen LogP contribution in [0.4, 0.5) is 5.69 Å². The van der Waals surface area contributed by atoms with E-state index < -0.39 is 5.54 Å². The van der Waals surface area contributed by atoms with Crippen LogP contribution in [0, 0.1) is 0 Å². The molecule has 25 heavy (non-hydrogen) atoms. The normalized spacial score (nSPS) is 11.3. The molecule has 3 rings (SSSR count). The molecule has 5 heteroatoms. The molecule has 1 aromatic carbocycles. The number of methoxy groups -OCH3 is 1. The first-order chi connectivity index (χ1) is 12.1. The van der Waals surface area contributed by atoms with Crippen molar-refractivity contribution in [3.05, 3.63) is 83.9 Å². The van der Waals surface area contributed by atoms with Gasteiger partial charge in [0.2, 0.25) is 0 Å². The standard InChI is InChI=1S/C20H22N4O/c1-25-19-9-8-15(21)12-18(19)20(22,13-16-6-2-4-10-23-16)14-17-7-3-5-11-24-17/h2-12H,13-14,21-22H2,1H3. The molecule has 0 radical (unpaired) electrons. The van der Waals surface area contributed by atoms with Gasteiger partial charge in [-0.1, -0.05) is 12.1 Å². The van der Waals surface area contributed by atoms with Gasteiger partial charge in [-0.3, -0.25) is 9.97 Å². The number of rotatable bonds is 6. The van der Waals surface area contributed by atoms with Gasteiger partial charge < -0.3 is 16.2 Å². The molecule has 2 heterocycles. The fraction of sp³-hybridized carbons (Fsp3) is 0.200. The number of nitrogens with two attached hydrogens (primary N) is 2. The Kier molecular flexibility index (Phi) is 4.95. The number of nitrogen functional groups attached to an aromatic ring is 1. The smallest absolute Gasteiger partial charge is 0.124 e. The number of anilines is 1. The average Bonchev–Trinajstić information content (AvgIpc) is 2.63. The highest BCUT2D eigenvalue weighted by molar-refractivity contribution is 5.51. The summed E-state index contributed by atoms with van der Waals surface area (Å²) < 4.78 is 5.55. The lowest BCUT2D eigenvalue weighted by Crippen LogP contribution is -2.42. The topological polar surface area (TPSA) is 87.0 Å². The fourth-order valence-electron chi connectivity index (χ4n) is 3.02. The van der Waals surface area contributed by atoms with Crippen LogP contribution in [-0.4, -0.2) is 17.1 Å². The molecule has 0 aliphatic rings. The van der Waals surface area contributed by atoms with Gasteiger partial charge in [0.05, 0.1) is 12.6 Å². The number of benzene rings is 1. The van der Waals surface area contributed by atoms with Crippen LogP contribution in [0.3, 0.4) is 0 Å². The molecule has 0 spiro atoms. The summed E-state index contributed by atoms with van der Waals surface area (Å²) in [5.41, 5.74) is 15.5. The number of ether oxygens (including phenoxy) is 1. The van der Waals surface area contributed by atoms with Gasteiger partial charge in [-0.05, 0) is 42.5 Å². The minimum absolute atomic E-state index is 0.546. The largest absolute Gasteiger partial charge is 0.496 e. The molecule has 0 amide bonds. The van der Waals surface area contributed by atoms with E-state index in [2.05, 4.69) is 9.97 Å². The van der Waals surface area contributed by atoms with Crippen molar-refractivity contribution in [2.24, 2.45) is 5.73 Å². The zero-order valence-electron chi connectivity index (χ0n) is 14.2. The van der Waals surface area contributed by atoms with Crippen LogP contribution in [0.15, 0.2) is 67.0 Å². The molecule has 0 fully saturated rings. The second kappa shape index (κ2) is 7.32. The molecule has 3 aromatic rings. The Labute approximate surface area is 147 Å². The average molecular weight is 334 g/mol. The summed E-state index contributed by atoms with van der Waals surface area (Å²) >= 11 is 0. The Morgan fingerprint density at radius 2 is 1.52 bits per heavy atom. The van der Waals surface area contributed by atoms with Gasteiger partial charge in [0.15, 0.2) is 0 Å². The Morgan fingerprint density at radius 3 is 2.00 bits per heavy atom. The van der Waals surface area contributed by atoms with Crippen LogP contribution in [0.5, 0.6) is 5.75 Å². The number of hydrogen-bond acceptors (Lipinski definition) is 5. The summed E-state index contributed by atoms with van der Waals surface area (Å²) in [6.07, 6.45) is 4.63. The molecule has 128 valence electrons. The number of nitrogens with zero attached hydrogens (tertiary/aromatic N) is 2. The van der Waals surface area contributed by atoms with Crippen molar-refractivity contribution in [2.75, 3.05) is 12.8 Å². The molecule has 0 bridgehead atoms. The van der Waals surface area contributed by atoms with Crippen molar-refractivity contribution in [1.29, 1.82) is 0 Å². The van der Waals surface area contributed by atoms with E-state index in [0.717, 1.165) is 17.0 Å². The Balaban J connectivity index is 2.06. The number of pyridine rings is 2. The molecule has 0 aliphatic heterocycles. The highest BCUT2D eigenvalue weighted by Crippen LogP contribution is 2.34. The van der Waals surface area contributed by atoms with Gasteiger partial charge in [-0.2, -0.15) is 0 Å². The summed E-state index contributed by atoms with van der Waals surface area (Å²) in [5, 5.41) is 0. The Hall–Kier alpha value is -2.92. The first kappa shape index (κ1) is 16.9. The summed E-state index contributed by atoms with van der Waals surface area (Å²) in [7, 11) is 1.64. The third kappa shape index (κ3) is 3.95. The van der Waals surface area contributed by atoms with E-state index in [9.17, 15) is 0 Å². The number of hydrogen-bond donors (Lipinski definition) is 2. The molecule has 0 aliphatic carbocycles. The van der Waals surface area contributed by atoms with E-state index >= 15 is 0 Å². The van der Waals surface area contributed by atoms with E-state index in [1.54, 1.807) is 19.5 Å². The first-order valence-electron chi connectivity index (χ1n) is 8.13. The molecule has 0 atom stereocenters. The van der Waals surface area contributed by atoms with E-state index in [1.165, 1.54) is 0 Å². The van der Waals surface area contributed by atoms with Crippen molar-refractivity contribution < 1.29 is 4.74 Å². The summed E-state index contributed by atoms with van der Waals surface area (Å²) in [6.45, 7) is 0. The van der Waals surface area contributed by atoms with Gasteiger partial charge in [0.25, 0.3) is 0 Å². The molecule has 0 saturated heterocycles. The monoisotopic (exact) mass is 334 g/mol. The van der Waals surface area contributed by atoms with Crippen molar-refractivity contribution in [3.8, 4) is 5.75 Å². The summed E-state index contributed by atoms with van der Waals surface area (Å²) in [6, 6.07) is 17.2. The maximum absolute atomic E-state index is 6.91. The first-order valence-corrected chi connectivity index (χ1v) is 8.13. The lowest BCUT2D eigenvalue weighted by atomic mass is 9.81. The molecular formula is C20H22N4O. The van der Waals surface area contributed by atoms with Crippen LogP contribution in [-0.2, 0) is 18.4 Å². The third-order valence-electron chi connectivity index (χ3n) is 4.21. The van der Waals surface area contributed by atoms with Gasteiger partial charge in [-0.25, -0.2) is 0 Å². The highest BCUT2D eigenvalue weighted by Gasteiger charge is 2.32. The third-order valence-corrected chi connectivity index (χ3v) is 4.21. The molecule has 4 N–H and O–H groups in total. The maximum Gasteiger partial charge on any atom is 0.124 e. The van der Waals surface area contributed by atoms with Crippen molar-refractivity contribution in [2.45, 2.75) is 18.4 Å². The van der Waals surface area contributed by atoms with Gasteiger partial charge in [0.1, 0.15) is 5.75 Å². The zero-order valence-corrected chi connectivity index (χ0v) is 14.2. The minimum Gasteiger partial charge on any atom is -0.496 e. The SMILES string of the molecule is COc1ccc(N)cc1C(N)(Cc1ccccn1)Cc1ccccn1. The Bertz CT molecular complexity index is 780. The fourth-order valence-corrected chi connectivity index (χ4v) is 3.02. The maximum atomic E-state index is 6.91. The quantitative estimate of drug-likeness (QED) is 0.677. The minimum atomic E-state index is -0.747. The molecular weight excluding hydrogens is 312 g/mol. The second-order valence-corrected chi connectivity index (χ2v) is 6.11. The van der Waals surface area contributed by atoms with Crippen molar-refractivity contribution >= 4 is 5.69 Å². The van der Waals surface area contributed by atoms with Crippen LogP contribution in [0.25, 0.3) is 0 Å². The zero-order chi connectivity index (χ0) is 17.7. The lowest BCUT2D eigenvalue weighted by Gasteiger charge is -2.31. The second-order valence-electron chi connectivity index (χ2n) is 6.11. The van der Waals surface area contributed by atoms with Gasteiger partial charge in [0, 0.05) is 47.9 Å². The summed E-state index contributed by atoms with van der Waals surface area (Å²) in [4.78, 5) is 8.87.